The Morgan fingerprint density at radius 2 is 1.44 bits per heavy atom. The first-order valence-corrected chi connectivity index (χ1v) is 11.4. The Kier molecular flexibility index (Phi) is 5.85. The molecule has 4 rings (SSSR count). The molecule has 3 aromatic carbocycles. The minimum absolute atomic E-state index is 0.163. The number of hydrogen-bond acceptors (Lipinski definition) is 7. The van der Waals surface area contributed by atoms with E-state index in [2.05, 4.69) is 20.3 Å². The molecule has 6 nitrogen and oxygen atoms in total. The average Bonchev–Trinajstić information content (AvgIpc) is 3.23. The van der Waals surface area contributed by atoms with Crippen molar-refractivity contribution in [3.8, 4) is 16.3 Å². The van der Waals surface area contributed by atoms with E-state index in [9.17, 15) is 21.6 Å². The number of benzene rings is 3. The van der Waals surface area contributed by atoms with Crippen LogP contribution in [0.1, 0.15) is 0 Å². The molecule has 0 atom stereocenters. The summed E-state index contributed by atoms with van der Waals surface area (Å²) in [5.41, 5.74) is 1.18. The Bertz CT molecular complexity index is 1310. The summed E-state index contributed by atoms with van der Waals surface area (Å²) in [6.07, 6.45) is -4.75. The second-order valence-electron chi connectivity index (χ2n) is 6.45. The molecule has 1 N–H and O–H groups in total. The molecule has 1 heterocycles. The molecule has 4 aromatic rings. The molecule has 1 aromatic heterocycles. The van der Waals surface area contributed by atoms with E-state index in [1.165, 1.54) is 59.9 Å². The predicted molar refractivity (Wildman–Crippen MR) is 114 cm³/mol. The molecule has 0 aliphatic rings. The van der Waals surface area contributed by atoms with Gasteiger partial charge in [-0.1, -0.05) is 41.7 Å². The zero-order chi connectivity index (χ0) is 22.8. The Balaban J connectivity index is 1.47. The molecule has 32 heavy (non-hydrogen) atoms. The van der Waals surface area contributed by atoms with Crippen LogP contribution in [0.25, 0.3) is 10.6 Å². The number of sulfone groups is 1. The maximum Gasteiger partial charge on any atom is 0.573 e. The first-order valence-electron chi connectivity index (χ1n) is 9.08. The van der Waals surface area contributed by atoms with Crippen LogP contribution in [0.4, 0.5) is 24.0 Å². The molecule has 0 amide bonds. The van der Waals surface area contributed by atoms with E-state index in [0.717, 1.165) is 0 Å². The summed E-state index contributed by atoms with van der Waals surface area (Å²) >= 11 is 1.21. The fraction of sp³-hybridized carbons (Fsp3) is 0.0476. The van der Waals surface area contributed by atoms with Crippen molar-refractivity contribution in [2.24, 2.45) is 0 Å². The SMILES string of the molecule is O=S(=O)(c1ccccc1)c1ccc(-c2nnc(Nc3ccc(OC(F)(F)F)cc3)s2)cc1. The Morgan fingerprint density at radius 1 is 0.812 bits per heavy atom. The number of nitrogens with one attached hydrogen (secondary N) is 1. The third-order valence-corrected chi connectivity index (χ3v) is 6.90. The maximum absolute atomic E-state index is 12.7. The van der Waals surface area contributed by atoms with E-state index in [0.29, 0.717) is 21.4 Å². The van der Waals surface area contributed by atoms with Crippen molar-refractivity contribution in [1.29, 1.82) is 0 Å². The van der Waals surface area contributed by atoms with Crippen molar-refractivity contribution in [1.82, 2.24) is 10.2 Å². The number of alkyl halides is 3. The van der Waals surface area contributed by atoms with Crippen molar-refractivity contribution in [2.45, 2.75) is 16.2 Å². The van der Waals surface area contributed by atoms with Crippen molar-refractivity contribution in [3.63, 3.8) is 0 Å². The molecule has 0 radical (unpaired) electrons. The lowest BCUT2D eigenvalue weighted by Crippen LogP contribution is -2.16. The summed E-state index contributed by atoms with van der Waals surface area (Å²) in [7, 11) is -3.61. The lowest BCUT2D eigenvalue weighted by atomic mass is 10.2. The summed E-state index contributed by atoms with van der Waals surface area (Å²) in [6, 6.07) is 19.6. The van der Waals surface area contributed by atoms with E-state index in [1.807, 2.05) is 0 Å². The number of rotatable bonds is 6. The molecule has 11 heteroatoms. The van der Waals surface area contributed by atoms with Crippen molar-refractivity contribution >= 4 is 32.0 Å². The van der Waals surface area contributed by atoms with Gasteiger partial charge in [-0.15, -0.1) is 23.4 Å². The van der Waals surface area contributed by atoms with Crippen molar-refractivity contribution < 1.29 is 26.3 Å². The lowest BCUT2D eigenvalue weighted by molar-refractivity contribution is -0.274. The fourth-order valence-electron chi connectivity index (χ4n) is 2.77. The van der Waals surface area contributed by atoms with Gasteiger partial charge < -0.3 is 10.1 Å². The zero-order valence-electron chi connectivity index (χ0n) is 16.1. The van der Waals surface area contributed by atoms with Crippen LogP contribution >= 0.6 is 11.3 Å². The second-order valence-corrected chi connectivity index (χ2v) is 9.38. The summed E-state index contributed by atoms with van der Waals surface area (Å²) < 4.78 is 65.9. The largest absolute Gasteiger partial charge is 0.573 e. The Labute approximate surface area is 185 Å². The third kappa shape index (κ3) is 5.06. The van der Waals surface area contributed by atoms with Gasteiger partial charge in [0.05, 0.1) is 9.79 Å². The van der Waals surface area contributed by atoms with E-state index in [4.69, 9.17) is 0 Å². The molecule has 0 saturated heterocycles. The normalized spacial score (nSPS) is 11.8. The minimum atomic E-state index is -4.75. The molecule has 0 aliphatic heterocycles. The molecule has 0 spiro atoms. The van der Waals surface area contributed by atoms with Gasteiger partial charge in [-0.3, -0.25) is 0 Å². The smallest absolute Gasteiger partial charge is 0.406 e. The molecule has 0 fully saturated rings. The first kappa shape index (κ1) is 21.8. The van der Waals surface area contributed by atoms with Crippen molar-refractivity contribution in [3.05, 3.63) is 78.9 Å². The van der Waals surface area contributed by atoms with E-state index < -0.39 is 16.2 Å². The third-order valence-electron chi connectivity index (χ3n) is 4.23. The summed E-state index contributed by atoms with van der Waals surface area (Å²) in [6.45, 7) is 0. The second kappa shape index (κ2) is 8.60. The summed E-state index contributed by atoms with van der Waals surface area (Å²) in [5, 5.41) is 12.0. The number of aromatic nitrogens is 2. The number of nitrogens with zero attached hydrogens (tertiary/aromatic N) is 2. The van der Waals surface area contributed by atoms with E-state index >= 15 is 0 Å². The van der Waals surface area contributed by atoms with Crippen LogP contribution in [0.2, 0.25) is 0 Å². The van der Waals surface area contributed by atoms with Gasteiger partial charge in [0.15, 0.2) is 0 Å². The molecule has 0 saturated carbocycles. The van der Waals surface area contributed by atoms with Gasteiger partial charge in [-0.05, 0) is 48.5 Å². The van der Waals surface area contributed by atoms with Crippen LogP contribution in [-0.2, 0) is 9.84 Å². The van der Waals surface area contributed by atoms with Crippen molar-refractivity contribution in [2.75, 3.05) is 5.32 Å². The van der Waals surface area contributed by atoms with Crippen LogP contribution in [0.15, 0.2) is 88.7 Å². The molecule has 0 aliphatic carbocycles. The predicted octanol–water partition coefficient (Wildman–Crippen LogP) is 5.68. The number of ether oxygens (including phenoxy) is 1. The van der Waals surface area contributed by atoms with Crippen LogP contribution < -0.4 is 10.1 Å². The Morgan fingerprint density at radius 3 is 2.06 bits per heavy atom. The van der Waals surface area contributed by atoms with Crippen LogP contribution in [0.3, 0.4) is 0 Å². The highest BCUT2D eigenvalue weighted by atomic mass is 32.2. The van der Waals surface area contributed by atoms with Crippen LogP contribution in [-0.4, -0.2) is 25.0 Å². The molecular weight excluding hydrogens is 463 g/mol. The molecular formula is C21H14F3N3O3S2. The summed E-state index contributed by atoms with van der Waals surface area (Å²) in [5.74, 6) is -0.327. The number of hydrogen-bond donors (Lipinski definition) is 1. The number of halogens is 3. The van der Waals surface area contributed by atoms with Crippen LogP contribution in [0.5, 0.6) is 5.75 Å². The van der Waals surface area contributed by atoms with Gasteiger partial charge in [0.1, 0.15) is 10.8 Å². The Hall–Kier alpha value is -3.44. The topological polar surface area (TPSA) is 81.2 Å². The van der Waals surface area contributed by atoms with Gasteiger partial charge in [-0.2, -0.15) is 0 Å². The first-order chi connectivity index (χ1) is 15.2. The minimum Gasteiger partial charge on any atom is -0.406 e. The van der Waals surface area contributed by atoms with E-state index in [1.54, 1.807) is 30.3 Å². The molecule has 0 bridgehead atoms. The van der Waals surface area contributed by atoms with E-state index in [-0.39, 0.29) is 15.5 Å². The fourth-order valence-corrected chi connectivity index (χ4v) is 4.82. The molecule has 0 unspecified atom stereocenters. The highest BCUT2D eigenvalue weighted by Gasteiger charge is 2.31. The standard InChI is InChI=1S/C21H14F3N3O3S2/c22-21(23,24)30-16-10-8-15(9-11-16)25-20-27-26-19(31-20)14-6-12-18(13-7-14)32(28,29)17-4-2-1-3-5-17/h1-13H,(H,25,27). The van der Waals surface area contributed by atoms with Gasteiger partial charge in [0, 0.05) is 11.3 Å². The summed E-state index contributed by atoms with van der Waals surface area (Å²) in [4.78, 5) is 0.373. The highest BCUT2D eigenvalue weighted by molar-refractivity contribution is 7.91. The quantitative estimate of drug-likeness (QED) is 0.385. The lowest BCUT2D eigenvalue weighted by Gasteiger charge is -2.09. The zero-order valence-corrected chi connectivity index (χ0v) is 17.7. The van der Waals surface area contributed by atoms with Gasteiger partial charge in [0.25, 0.3) is 0 Å². The average molecular weight is 477 g/mol. The monoisotopic (exact) mass is 477 g/mol. The van der Waals surface area contributed by atoms with Gasteiger partial charge in [-0.25, -0.2) is 8.42 Å². The number of anilines is 2. The van der Waals surface area contributed by atoms with Gasteiger partial charge in [0.2, 0.25) is 15.0 Å². The molecule has 164 valence electrons. The van der Waals surface area contributed by atoms with Gasteiger partial charge >= 0.3 is 6.36 Å². The van der Waals surface area contributed by atoms with Crippen LogP contribution in [0, 0.1) is 0 Å². The highest BCUT2D eigenvalue weighted by Crippen LogP contribution is 2.31. The maximum atomic E-state index is 12.7.